The van der Waals surface area contributed by atoms with E-state index in [4.69, 9.17) is 9.47 Å². The molecule has 13 heteroatoms. The van der Waals surface area contributed by atoms with E-state index in [1.807, 2.05) is 6.92 Å². The lowest BCUT2D eigenvalue weighted by atomic mass is 10.0. The molecule has 0 unspecified atom stereocenters. The maximum absolute atomic E-state index is 13.2. The molecule has 3 aromatic rings. The van der Waals surface area contributed by atoms with E-state index in [1.165, 1.54) is 23.7 Å². The minimum absolute atomic E-state index is 0.252. The second kappa shape index (κ2) is 10.4. The number of thiazole rings is 1. The van der Waals surface area contributed by atoms with Crippen molar-refractivity contribution in [1.29, 1.82) is 0 Å². The van der Waals surface area contributed by atoms with E-state index in [0.717, 1.165) is 12.8 Å². The monoisotopic (exact) mass is 530 g/mol. The number of sulfonamides is 1. The van der Waals surface area contributed by atoms with Crippen LogP contribution in [0.1, 0.15) is 54.1 Å². The minimum Gasteiger partial charge on any atom is -0.477 e. The number of amides is 1. The molecule has 1 saturated heterocycles. The second-order valence-electron chi connectivity index (χ2n) is 8.52. The summed E-state index contributed by atoms with van der Waals surface area (Å²) < 4.78 is 38.7. The van der Waals surface area contributed by atoms with Gasteiger partial charge in [0.05, 0.1) is 52.7 Å². The maximum Gasteiger partial charge on any atom is 0.280 e. The lowest BCUT2D eigenvalue weighted by Gasteiger charge is -2.24. The van der Waals surface area contributed by atoms with Gasteiger partial charge < -0.3 is 14.8 Å². The van der Waals surface area contributed by atoms with Crippen molar-refractivity contribution in [3.63, 3.8) is 0 Å². The van der Waals surface area contributed by atoms with Crippen molar-refractivity contribution < 1.29 is 22.7 Å². The fourth-order valence-corrected chi connectivity index (χ4v) is 6.07. The largest absolute Gasteiger partial charge is 0.477 e. The molecule has 2 N–H and O–H groups in total. The summed E-state index contributed by atoms with van der Waals surface area (Å²) in [7, 11) is -3.42. The fourth-order valence-electron chi connectivity index (χ4n) is 3.92. The van der Waals surface area contributed by atoms with E-state index in [1.54, 1.807) is 24.5 Å². The van der Waals surface area contributed by atoms with Crippen LogP contribution in [0.3, 0.4) is 0 Å². The average Bonchev–Trinajstić information content (AvgIpc) is 3.38. The molecule has 2 aliphatic rings. The summed E-state index contributed by atoms with van der Waals surface area (Å²) in [5.74, 6) is 0.0162. The highest BCUT2D eigenvalue weighted by atomic mass is 32.2. The van der Waals surface area contributed by atoms with Gasteiger partial charge in [0.2, 0.25) is 15.9 Å². The van der Waals surface area contributed by atoms with Gasteiger partial charge >= 0.3 is 0 Å². The van der Waals surface area contributed by atoms with Crippen LogP contribution in [0, 0.1) is 0 Å². The van der Waals surface area contributed by atoms with Crippen LogP contribution in [-0.4, -0.2) is 58.8 Å². The first-order valence-corrected chi connectivity index (χ1v) is 14.1. The number of rotatable bonds is 10. The Labute approximate surface area is 212 Å². The van der Waals surface area contributed by atoms with Gasteiger partial charge in [-0.2, -0.15) is 0 Å². The summed E-state index contributed by atoms with van der Waals surface area (Å²) in [5, 5.41) is 2.90. The summed E-state index contributed by atoms with van der Waals surface area (Å²) in [4.78, 5) is 31.1. The number of hydrogen-bond donors (Lipinski definition) is 2. The molecule has 5 rings (SSSR count). The van der Waals surface area contributed by atoms with E-state index in [0.29, 0.717) is 53.9 Å². The topological polar surface area (TPSA) is 145 Å². The number of carbonyl (C=O) groups is 1. The zero-order valence-electron chi connectivity index (χ0n) is 19.6. The number of carbonyl (C=O) groups excluding carboxylic acids is 1. The van der Waals surface area contributed by atoms with E-state index >= 15 is 0 Å². The Balaban J connectivity index is 1.35. The predicted molar refractivity (Wildman–Crippen MR) is 133 cm³/mol. The Hall–Kier alpha value is -3.16. The van der Waals surface area contributed by atoms with Crippen LogP contribution in [0.4, 0.5) is 5.69 Å². The Morgan fingerprint density at radius 1 is 1.25 bits per heavy atom. The summed E-state index contributed by atoms with van der Waals surface area (Å²) in [6, 6.07) is 2.68. The number of ether oxygens (including phenoxy) is 2. The molecule has 0 bridgehead atoms. The van der Waals surface area contributed by atoms with Crippen LogP contribution in [0.25, 0.3) is 10.6 Å². The number of pyridine rings is 1. The van der Waals surface area contributed by atoms with Crippen molar-refractivity contribution in [2.24, 2.45) is 0 Å². The van der Waals surface area contributed by atoms with Gasteiger partial charge in [-0.25, -0.2) is 18.4 Å². The third-order valence-electron chi connectivity index (χ3n) is 5.80. The third-order valence-corrected chi connectivity index (χ3v) is 8.69. The molecular weight excluding hydrogens is 504 g/mol. The Morgan fingerprint density at radius 3 is 2.86 bits per heavy atom. The number of hydrogen-bond acceptors (Lipinski definition) is 10. The van der Waals surface area contributed by atoms with Crippen molar-refractivity contribution in [3.8, 4) is 16.5 Å². The number of nitrogens with zero attached hydrogens (tertiary/aromatic N) is 4. The molecule has 0 spiro atoms. The Kier molecular flexibility index (Phi) is 7.12. The Morgan fingerprint density at radius 2 is 2.11 bits per heavy atom. The van der Waals surface area contributed by atoms with Crippen molar-refractivity contribution in [1.82, 2.24) is 25.3 Å². The first-order chi connectivity index (χ1) is 17.4. The standard InChI is InChI=1S/C23H26N6O5S2/c1-2-33-20-13-24-11-17(27-20)19-12-26-23(35-19)22(30)28-21(18-4-3-9-34-18)16-10-14(7-8-25-16)29-36(31,32)15-5-6-15/h7-8,10-13,15,18,21H,2-6,9H2,1H3,(H,25,29)(H,28,30)/t18-,21-/m0/s1. The second-order valence-corrected chi connectivity index (χ2v) is 11.5. The smallest absolute Gasteiger partial charge is 0.280 e. The molecule has 3 aromatic heterocycles. The van der Waals surface area contributed by atoms with E-state index in [-0.39, 0.29) is 22.3 Å². The first kappa shape index (κ1) is 24.5. The third kappa shape index (κ3) is 5.63. The van der Waals surface area contributed by atoms with Crippen LogP contribution >= 0.6 is 11.3 Å². The lowest BCUT2D eigenvalue weighted by Crippen LogP contribution is -2.36. The molecule has 1 saturated carbocycles. The molecule has 11 nitrogen and oxygen atoms in total. The predicted octanol–water partition coefficient (Wildman–Crippen LogP) is 2.95. The van der Waals surface area contributed by atoms with Crippen molar-refractivity contribution in [3.05, 3.63) is 47.6 Å². The van der Waals surface area contributed by atoms with Crippen molar-refractivity contribution in [2.75, 3.05) is 17.9 Å². The molecule has 4 heterocycles. The molecule has 0 aromatic carbocycles. The molecule has 1 amide bonds. The number of nitrogens with one attached hydrogen (secondary N) is 2. The number of anilines is 1. The van der Waals surface area contributed by atoms with Gasteiger partial charge in [0.15, 0.2) is 5.01 Å². The van der Waals surface area contributed by atoms with Gasteiger partial charge in [0.25, 0.3) is 5.91 Å². The zero-order valence-corrected chi connectivity index (χ0v) is 21.2. The molecule has 2 fully saturated rings. The first-order valence-electron chi connectivity index (χ1n) is 11.7. The molecule has 190 valence electrons. The molecule has 1 aliphatic heterocycles. The van der Waals surface area contributed by atoms with Crippen LogP contribution < -0.4 is 14.8 Å². The quantitative estimate of drug-likeness (QED) is 0.404. The minimum atomic E-state index is -3.42. The van der Waals surface area contributed by atoms with Gasteiger partial charge in [0.1, 0.15) is 5.69 Å². The van der Waals surface area contributed by atoms with Crippen LogP contribution in [-0.2, 0) is 14.8 Å². The number of aromatic nitrogens is 4. The summed E-state index contributed by atoms with van der Waals surface area (Å²) >= 11 is 1.19. The highest BCUT2D eigenvalue weighted by molar-refractivity contribution is 7.93. The van der Waals surface area contributed by atoms with Gasteiger partial charge in [-0.1, -0.05) is 0 Å². The van der Waals surface area contributed by atoms with Gasteiger partial charge in [-0.05, 0) is 44.7 Å². The normalized spacial score (nSPS) is 18.5. The molecule has 0 radical (unpaired) electrons. The molecule has 1 aliphatic carbocycles. The molecular formula is C23H26N6O5S2. The van der Waals surface area contributed by atoms with E-state index in [2.05, 4.69) is 30.0 Å². The van der Waals surface area contributed by atoms with Crippen LogP contribution in [0.5, 0.6) is 5.88 Å². The lowest BCUT2D eigenvalue weighted by molar-refractivity contribution is 0.0663. The zero-order chi connectivity index (χ0) is 25.1. The average molecular weight is 531 g/mol. The molecule has 36 heavy (non-hydrogen) atoms. The van der Waals surface area contributed by atoms with Crippen molar-refractivity contribution >= 4 is 33.0 Å². The summed E-state index contributed by atoms with van der Waals surface area (Å²) in [5.41, 5.74) is 1.48. The fraction of sp³-hybridized carbons (Fsp3) is 0.435. The van der Waals surface area contributed by atoms with Crippen LogP contribution in [0.15, 0.2) is 36.9 Å². The van der Waals surface area contributed by atoms with Gasteiger partial charge in [0, 0.05) is 19.0 Å². The van der Waals surface area contributed by atoms with E-state index in [9.17, 15) is 13.2 Å². The van der Waals surface area contributed by atoms with Crippen LogP contribution in [0.2, 0.25) is 0 Å². The highest BCUT2D eigenvalue weighted by Gasteiger charge is 2.36. The SMILES string of the molecule is CCOc1cncc(-c2cnc(C(=O)N[C@@H](c3cc(NS(=O)(=O)C4CC4)ccn3)[C@@H]3CCCO3)s2)n1. The van der Waals surface area contributed by atoms with Gasteiger partial charge in [-0.15, -0.1) is 11.3 Å². The highest BCUT2D eigenvalue weighted by Crippen LogP contribution is 2.32. The summed E-state index contributed by atoms with van der Waals surface area (Å²) in [6.45, 7) is 2.91. The van der Waals surface area contributed by atoms with Gasteiger partial charge in [-0.3, -0.25) is 19.5 Å². The Bertz CT molecular complexity index is 1340. The van der Waals surface area contributed by atoms with E-state index < -0.39 is 16.1 Å². The summed E-state index contributed by atoms with van der Waals surface area (Å²) in [6.07, 6.45) is 8.87. The van der Waals surface area contributed by atoms with Crippen molar-refractivity contribution in [2.45, 2.75) is 50.0 Å². The maximum atomic E-state index is 13.2. The molecule has 2 atom stereocenters.